The molecule has 20 heteroatoms. The highest BCUT2D eigenvalue weighted by Gasteiger charge is 2.41. The molecular weight excluding hydrogens is 501 g/mol. The molecule has 182 valence electrons. The Morgan fingerprint density at radius 3 is 2.34 bits per heavy atom. The van der Waals surface area contributed by atoms with Crippen LogP contribution in [-0.2, 0) is 31.6 Å². The first-order valence-electron chi connectivity index (χ1n) is 8.44. The van der Waals surface area contributed by atoms with Crippen LogP contribution in [-0.4, -0.2) is 69.7 Å². The molecule has 0 amide bonds. The van der Waals surface area contributed by atoms with Gasteiger partial charge in [0.15, 0.2) is 6.23 Å². The predicted octanol–water partition coefficient (Wildman–Crippen LogP) is -0.386. The standard InChI is InChI=1S/C12H21N4O13P3/c1-7(18)9(5-26-31(22,23)29-32(24,25)28-30(19,20)21)27-10(4-17)16-3-2-8-11(13)14-6-15-12(8)16/h2-3,6-7,9-10,17-18H,4-5H2,1H3,(H,22,23)(H,24,25)(H2,13,14,15)(H2,19,20,21)/t7-,9+,10+/m0/s1. The van der Waals surface area contributed by atoms with E-state index >= 15 is 0 Å². The van der Waals surface area contributed by atoms with Gasteiger partial charge in [0.2, 0.25) is 0 Å². The molecule has 17 nitrogen and oxygen atoms in total. The van der Waals surface area contributed by atoms with Gasteiger partial charge in [0.1, 0.15) is 23.9 Å². The van der Waals surface area contributed by atoms with Gasteiger partial charge in [0.05, 0.1) is 24.7 Å². The number of rotatable bonds is 12. The van der Waals surface area contributed by atoms with Crippen molar-refractivity contribution in [3.8, 4) is 0 Å². The molecule has 2 heterocycles. The first-order valence-corrected chi connectivity index (χ1v) is 13.0. The minimum atomic E-state index is -5.70. The summed E-state index contributed by atoms with van der Waals surface area (Å²) in [5.41, 5.74) is 6.01. The molecular formula is C12H21N4O13P3. The second-order valence-electron chi connectivity index (χ2n) is 6.16. The fourth-order valence-corrected chi connectivity index (χ4v) is 5.41. The Morgan fingerprint density at radius 2 is 1.78 bits per heavy atom. The molecule has 0 saturated carbocycles. The zero-order valence-electron chi connectivity index (χ0n) is 16.2. The van der Waals surface area contributed by atoms with Crippen LogP contribution < -0.4 is 5.73 Å². The molecule has 0 aromatic carbocycles. The summed E-state index contributed by atoms with van der Waals surface area (Å²) in [6, 6.07) is 1.54. The summed E-state index contributed by atoms with van der Waals surface area (Å²) in [5, 5.41) is 20.1. The average Bonchev–Trinajstić information content (AvgIpc) is 3.04. The Kier molecular flexibility index (Phi) is 8.70. The van der Waals surface area contributed by atoms with Crippen molar-refractivity contribution in [1.29, 1.82) is 0 Å². The molecule has 0 saturated heterocycles. The molecule has 0 radical (unpaired) electrons. The van der Waals surface area contributed by atoms with Gasteiger partial charge in [-0.25, -0.2) is 23.7 Å². The summed E-state index contributed by atoms with van der Waals surface area (Å²) >= 11 is 0. The number of phosphoric ester groups is 1. The molecule has 0 aliphatic rings. The SMILES string of the molecule is C[C@H](O)[C@@H](COP(=O)(O)OP(=O)(O)OP(=O)(O)O)O[C@H](CO)n1ccc2c(N)ncnc21. The summed E-state index contributed by atoms with van der Waals surface area (Å²) < 4.78 is 52.4. The van der Waals surface area contributed by atoms with E-state index in [-0.39, 0.29) is 11.5 Å². The first-order chi connectivity index (χ1) is 14.6. The second-order valence-corrected chi connectivity index (χ2v) is 10.6. The van der Waals surface area contributed by atoms with Gasteiger partial charge in [-0.2, -0.15) is 8.62 Å². The Bertz CT molecular complexity index is 1070. The molecule has 8 N–H and O–H groups in total. The molecule has 0 aliphatic carbocycles. The molecule has 0 aliphatic heterocycles. The number of hydrogen-bond donors (Lipinski definition) is 7. The van der Waals surface area contributed by atoms with E-state index in [2.05, 4.69) is 23.1 Å². The summed E-state index contributed by atoms with van der Waals surface area (Å²) in [4.78, 5) is 43.6. The number of aromatic nitrogens is 3. The van der Waals surface area contributed by atoms with Gasteiger partial charge in [-0.05, 0) is 13.0 Å². The lowest BCUT2D eigenvalue weighted by Crippen LogP contribution is -2.35. The second kappa shape index (κ2) is 10.3. The number of hydrogen-bond acceptors (Lipinski definition) is 12. The molecule has 2 rings (SSSR count). The molecule has 0 spiro atoms. The first kappa shape index (κ1) is 27.0. The zero-order valence-corrected chi connectivity index (χ0v) is 18.9. The minimum Gasteiger partial charge on any atom is -0.392 e. The Balaban J connectivity index is 2.12. The van der Waals surface area contributed by atoms with Crippen molar-refractivity contribution in [1.82, 2.24) is 14.5 Å². The molecule has 0 bridgehead atoms. The normalized spacial score (nSPS) is 19.2. The van der Waals surface area contributed by atoms with Crippen molar-refractivity contribution in [3.63, 3.8) is 0 Å². The smallest absolute Gasteiger partial charge is 0.392 e. The van der Waals surface area contributed by atoms with Crippen LogP contribution in [0.1, 0.15) is 13.2 Å². The van der Waals surface area contributed by atoms with Gasteiger partial charge >= 0.3 is 23.5 Å². The lowest BCUT2D eigenvalue weighted by Gasteiger charge is -2.27. The summed E-state index contributed by atoms with van der Waals surface area (Å²) in [6.07, 6.45) is -1.33. The van der Waals surface area contributed by atoms with Crippen molar-refractivity contribution >= 4 is 40.3 Å². The topological polar surface area (TPSA) is 266 Å². The number of ether oxygens (including phenoxy) is 1. The van der Waals surface area contributed by atoms with E-state index in [0.717, 1.165) is 0 Å². The van der Waals surface area contributed by atoms with Crippen LogP contribution in [0, 0.1) is 0 Å². The minimum absolute atomic E-state index is 0.158. The van der Waals surface area contributed by atoms with E-state index in [1.807, 2.05) is 0 Å². The highest BCUT2D eigenvalue weighted by atomic mass is 31.3. The van der Waals surface area contributed by atoms with Crippen molar-refractivity contribution < 1.29 is 61.4 Å². The highest BCUT2D eigenvalue weighted by Crippen LogP contribution is 2.66. The van der Waals surface area contributed by atoms with Gasteiger partial charge in [-0.15, -0.1) is 0 Å². The molecule has 32 heavy (non-hydrogen) atoms. The number of nitrogen functional groups attached to an aromatic ring is 1. The van der Waals surface area contributed by atoms with Crippen LogP contribution in [0.4, 0.5) is 5.82 Å². The average molecular weight is 522 g/mol. The van der Waals surface area contributed by atoms with E-state index in [1.54, 1.807) is 6.07 Å². The fourth-order valence-electron chi connectivity index (χ4n) is 2.38. The third kappa shape index (κ3) is 7.64. The van der Waals surface area contributed by atoms with Gasteiger partial charge in [0.25, 0.3) is 0 Å². The fraction of sp³-hybridized carbons (Fsp3) is 0.500. The van der Waals surface area contributed by atoms with Gasteiger partial charge in [0, 0.05) is 6.20 Å². The highest BCUT2D eigenvalue weighted by molar-refractivity contribution is 7.66. The van der Waals surface area contributed by atoms with E-state index in [4.69, 9.17) is 25.2 Å². The molecule has 0 fully saturated rings. The van der Waals surface area contributed by atoms with E-state index in [9.17, 15) is 28.8 Å². The van der Waals surface area contributed by atoms with Crippen molar-refractivity contribution in [3.05, 3.63) is 18.6 Å². The third-order valence-corrected chi connectivity index (χ3v) is 7.50. The largest absolute Gasteiger partial charge is 0.490 e. The number of nitrogens with two attached hydrogens (primary N) is 1. The van der Waals surface area contributed by atoms with Crippen LogP contribution in [0.3, 0.4) is 0 Å². The maximum Gasteiger partial charge on any atom is 0.490 e. The number of anilines is 1. The maximum absolute atomic E-state index is 11.9. The van der Waals surface area contributed by atoms with Crippen molar-refractivity contribution in [2.24, 2.45) is 0 Å². The van der Waals surface area contributed by atoms with Crippen LogP contribution in [0.2, 0.25) is 0 Å². The third-order valence-electron chi connectivity index (χ3n) is 3.69. The monoisotopic (exact) mass is 522 g/mol. The van der Waals surface area contributed by atoms with Gasteiger partial charge < -0.3 is 44.8 Å². The predicted molar refractivity (Wildman–Crippen MR) is 104 cm³/mol. The Morgan fingerprint density at radius 1 is 1.12 bits per heavy atom. The molecule has 2 aromatic rings. The van der Waals surface area contributed by atoms with E-state index in [1.165, 1.54) is 24.0 Å². The number of aliphatic hydroxyl groups is 2. The van der Waals surface area contributed by atoms with Crippen LogP contribution >= 0.6 is 23.5 Å². The Labute approximate surface area is 179 Å². The zero-order chi connectivity index (χ0) is 24.3. The van der Waals surface area contributed by atoms with E-state index < -0.39 is 55.1 Å². The number of nitrogens with zero attached hydrogens (tertiary/aromatic N) is 3. The van der Waals surface area contributed by atoms with E-state index in [0.29, 0.717) is 5.39 Å². The van der Waals surface area contributed by atoms with Crippen LogP contribution in [0.15, 0.2) is 18.6 Å². The lowest BCUT2D eigenvalue weighted by atomic mass is 10.2. The summed E-state index contributed by atoms with van der Waals surface area (Å²) in [7, 11) is -16.7. The molecule has 2 aromatic heterocycles. The maximum atomic E-state index is 11.9. The number of fused-ring (bicyclic) bond motifs is 1. The van der Waals surface area contributed by atoms with Crippen molar-refractivity contribution in [2.45, 2.75) is 25.4 Å². The van der Waals surface area contributed by atoms with Crippen molar-refractivity contribution in [2.75, 3.05) is 18.9 Å². The number of phosphoric acid groups is 3. The number of aliphatic hydroxyl groups excluding tert-OH is 2. The molecule has 5 atom stereocenters. The van der Waals surface area contributed by atoms with Gasteiger partial charge in [-0.1, -0.05) is 0 Å². The Hall–Kier alpha value is -1.29. The summed E-state index contributed by atoms with van der Waals surface area (Å²) in [6.45, 7) is -0.353. The molecule has 2 unspecified atom stereocenters. The lowest BCUT2D eigenvalue weighted by molar-refractivity contribution is -0.130. The quantitative estimate of drug-likeness (QED) is 0.175. The summed E-state index contributed by atoms with van der Waals surface area (Å²) in [5.74, 6) is 0.158. The van der Waals surface area contributed by atoms with Gasteiger partial charge in [-0.3, -0.25) is 4.52 Å². The van der Waals surface area contributed by atoms with Crippen LogP contribution in [0.25, 0.3) is 11.0 Å². The van der Waals surface area contributed by atoms with Crippen LogP contribution in [0.5, 0.6) is 0 Å².